The van der Waals surface area contributed by atoms with Crippen molar-refractivity contribution in [3.63, 3.8) is 0 Å². The second kappa shape index (κ2) is 5.98. The molecule has 1 heterocycles. The molecule has 0 radical (unpaired) electrons. The van der Waals surface area contributed by atoms with E-state index in [9.17, 15) is 0 Å². The molecule has 0 saturated heterocycles. The summed E-state index contributed by atoms with van der Waals surface area (Å²) in [5.41, 5.74) is 2.96. The van der Waals surface area contributed by atoms with Crippen molar-refractivity contribution >= 4 is 0 Å². The number of nitrogens with zero attached hydrogens (tertiary/aromatic N) is 1. The van der Waals surface area contributed by atoms with E-state index in [1.54, 1.807) is 14.2 Å². The summed E-state index contributed by atoms with van der Waals surface area (Å²) in [6, 6.07) is 13.9. The van der Waals surface area contributed by atoms with Crippen molar-refractivity contribution in [2.24, 2.45) is 0 Å². The summed E-state index contributed by atoms with van der Waals surface area (Å²) in [4.78, 5) is 0. The third-order valence-electron chi connectivity index (χ3n) is 3.82. The summed E-state index contributed by atoms with van der Waals surface area (Å²) >= 11 is 0. The highest BCUT2D eigenvalue weighted by molar-refractivity contribution is 5.79. The molecule has 0 aromatic heterocycles. The number of hydrogen-bond acceptors (Lipinski definition) is 4. The summed E-state index contributed by atoms with van der Waals surface area (Å²) in [5.74, 6) is 2.39. The maximum atomic E-state index is 8.90. The van der Waals surface area contributed by atoms with Gasteiger partial charge in [0.05, 0.1) is 26.7 Å². The number of ether oxygens (including phenoxy) is 3. The Labute approximate surface area is 129 Å². The third kappa shape index (κ3) is 2.46. The highest BCUT2D eigenvalue weighted by Gasteiger charge is 2.27. The lowest BCUT2D eigenvalue weighted by Gasteiger charge is -2.14. The Balaban J connectivity index is 2.13. The van der Waals surface area contributed by atoms with Gasteiger partial charge in [0.1, 0.15) is 23.4 Å². The fourth-order valence-corrected chi connectivity index (χ4v) is 2.80. The minimum atomic E-state index is -0.0967. The zero-order valence-corrected chi connectivity index (χ0v) is 12.6. The van der Waals surface area contributed by atoms with Crippen LogP contribution in [0, 0.1) is 11.3 Å². The molecule has 0 spiro atoms. The lowest BCUT2D eigenvalue weighted by Crippen LogP contribution is -2.11. The van der Waals surface area contributed by atoms with Gasteiger partial charge in [-0.2, -0.15) is 5.26 Å². The molecule has 3 rings (SSSR count). The van der Waals surface area contributed by atoms with E-state index < -0.39 is 0 Å². The SMILES string of the molecule is COc1cc2c(c(-c3ccccc3OC)c1)OC(CC#N)C2. The summed E-state index contributed by atoms with van der Waals surface area (Å²) in [6.45, 7) is 0. The molecule has 0 saturated carbocycles. The zero-order chi connectivity index (χ0) is 15.5. The quantitative estimate of drug-likeness (QED) is 0.865. The highest BCUT2D eigenvalue weighted by Crippen LogP contribution is 2.44. The molecule has 22 heavy (non-hydrogen) atoms. The summed E-state index contributed by atoms with van der Waals surface area (Å²) < 4.78 is 16.9. The van der Waals surface area contributed by atoms with Gasteiger partial charge in [-0.1, -0.05) is 18.2 Å². The lowest BCUT2D eigenvalue weighted by atomic mass is 9.99. The monoisotopic (exact) mass is 295 g/mol. The minimum Gasteiger partial charge on any atom is -0.497 e. The standard InChI is InChI=1S/C18H17NO3/c1-20-14-10-12-9-13(7-8-19)22-18(12)16(11-14)15-5-3-4-6-17(15)21-2/h3-6,10-11,13H,7,9H2,1-2H3. The number of para-hydroxylation sites is 1. The first-order valence-electron chi connectivity index (χ1n) is 7.14. The Morgan fingerprint density at radius 1 is 1.18 bits per heavy atom. The number of rotatable bonds is 4. The van der Waals surface area contributed by atoms with Gasteiger partial charge in [-0.15, -0.1) is 0 Å². The number of fused-ring (bicyclic) bond motifs is 1. The minimum absolute atomic E-state index is 0.0967. The maximum Gasteiger partial charge on any atom is 0.131 e. The molecule has 2 aromatic carbocycles. The van der Waals surface area contributed by atoms with Crippen molar-refractivity contribution in [3.8, 4) is 34.4 Å². The van der Waals surface area contributed by atoms with Crippen LogP contribution in [0.5, 0.6) is 17.2 Å². The molecule has 1 atom stereocenters. The summed E-state index contributed by atoms with van der Waals surface area (Å²) in [5, 5.41) is 8.90. The Hall–Kier alpha value is -2.67. The third-order valence-corrected chi connectivity index (χ3v) is 3.82. The van der Waals surface area contributed by atoms with Crippen LogP contribution in [0.3, 0.4) is 0 Å². The van der Waals surface area contributed by atoms with Crippen molar-refractivity contribution in [2.45, 2.75) is 18.9 Å². The molecule has 0 N–H and O–H groups in total. The van der Waals surface area contributed by atoms with Crippen molar-refractivity contribution in [1.82, 2.24) is 0 Å². The normalized spacial score (nSPS) is 15.6. The van der Waals surface area contributed by atoms with Gasteiger partial charge in [0.25, 0.3) is 0 Å². The first-order chi connectivity index (χ1) is 10.8. The van der Waals surface area contributed by atoms with E-state index in [0.29, 0.717) is 6.42 Å². The second-order valence-electron chi connectivity index (χ2n) is 5.17. The van der Waals surface area contributed by atoms with Crippen LogP contribution < -0.4 is 14.2 Å². The summed E-state index contributed by atoms with van der Waals surface area (Å²) in [7, 11) is 3.30. The average molecular weight is 295 g/mol. The van der Waals surface area contributed by atoms with Gasteiger partial charge in [-0.25, -0.2) is 0 Å². The molecule has 4 heteroatoms. The molecule has 4 nitrogen and oxygen atoms in total. The van der Waals surface area contributed by atoms with Crippen molar-refractivity contribution in [2.75, 3.05) is 14.2 Å². The van der Waals surface area contributed by atoms with E-state index in [4.69, 9.17) is 19.5 Å². The Morgan fingerprint density at radius 3 is 2.73 bits per heavy atom. The smallest absolute Gasteiger partial charge is 0.131 e. The second-order valence-corrected chi connectivity index (χ2v) is 5.17. The molecule has 1 aliphatic heterocycles. The van der Waals surface area contributed by atoms with Crippen LogP contribution in [-0.4, -0.2) is 20.3 Å². The van der Waals surface area contributed by atoms with Crippen molar-refractivity contribution in [1.29, 1.82) is 5.26 Å². The van der Waals surface area contributed by atoms with Crippen LogP contribution in [0.15, 0.2) is 36.4 Å². The van der Waals surface area contributed by atoms with E-state index in [0.717, 1.165) is 40.4 Å². The molecule has 1 unspecified atom stereocenters. The van der Waals surface area contributed by atoms with Gasteiger partial charge in [0.2, 0.25) is 0 Å². The van der Waals surface area contributed by atoms with Gasteiger partial charge in [-0.05, 0) is 18.2 Å². The van der Waals surface area contributed by atoms with Crippen LogP contribution in [0.2, 0.25) is 0 Å². The molecule has 112 valence electrons. The predicted octanol–water partition coefficient (Wildman–Crippen LogP) is 3.59. The molecular formula is C18H17NO3. The van der Waals surface area contributed by atoms with Crippen molar-refractivity contribution < 1.29 is 14.2 Å². The molecule has 0 amide bonds. The maximum absolute atomic E-state index is 8.90. The predicted molar refractivity (Wildman–Crippen MR) is 83.3 cm³/mol. The topological polar surface area (TPSA) is 51.5 Å². The molecule has 0 fully saturated rings. The lowest BCUT2D eigenvalue weighted by molar-refractivity contribution is 0.239. The molecular weight excluding hydrogens is 278 g/mol. The van der Waals surface area contributed by atoms with Crippen LogP contribution in [0.4, 0.5) is 0 Å². The van der Waals surface area contributed by atoms with Crippen LogP contribution in [-0.2, 0) is 6.42 Å². The Bertz CT molecular complexity index is 734. The molecule has 2 aromatic rings. The number of hydrogen-bond donors (Lipinski definition) is 0. The molecule has 0 bridgehead atoms. The van der Waals surface area contributed by atoms with Gasteiger partial charge in [0.15, 0.2) is 0 Å². The van der Waals surface area contributed by atoms with Gasteiger partial charge < -0.3 is 14.2 Å². The van der Waals surface area contributed by atoms with Crippen LogP contribution in [0.1, 0.15) is 12.0 Å². The van der Waals surface area contributed by atoms with E-state index in [1.165, 1.54) is 0 Å². The number of methoxy groups -OCH3 is 2. The fraction of sp³-hybridized carbons (Fsp3) is 0.278. The van der Waals surface area contributed by atoms with Gasteiger partial charge in [-0.3, -0.25) is 0 Å². The highest BCUT2D eigenvalue weighted by atomic mass is 16.5. The van der Waals surface area contributed by atoms with Crippen molar-refractivity contribution in [3.05, 3.63) is 42.0 Å². The Kier molecular flexibility index (Phi) is 3.88. The molecule has 1 aliphatic rings. The average Bonchev–Trinajstić information content (AvgIpc) is 2.96. The van der Waals surface area contributed by atoms with E-state index in [-0.39, 0.29) is 6.10 Å². The van der Waals surface area contributed by atoms with E-state index in [2.05, 4.69) is 6.07 Å². The Morgan fingerprint density at radius 2 is 2.00 bits per heavy atom. The van der Waals surface area contributed by atoms with Crippen LogP contribution >= 0.6 is 0 Å². The first kappa shape index (κ1) is 14.3. The van der Waals surface area contributed by atoms with E-state index in [1.807, 2.05) is 36.4 Å². The number of benzene rings is 2. The fourth-order valence-electron chi connectivity index (χ4n) is 2.80. The molecule has 0 aliphatic carbocycles. The van der Waals surface area contributed by atoms with Gasteiger partial charge >= 0.3 is 0 Å². The largest absolute Gasteiger partial charge is 0.497 e. The van der Waals surface area contributed by atoms with E-state index >= 15 is 0 Å². The van der Waals surface area contributed by atoms with Crippen LogP contribution in [0.25, 0.3) is 11.1 Å². The first-order valence-corrected chi connectivity index (χ1v) is 7.14. The zero-order valence-electron chi connectivity index (χ0n) is 12.6. The van der Waals surface area contributed by atoms with Gasteiger partial charge in [0, 0.05) is 23.1 Å². The number of nitriles is 1. The summed E-state index contributed by atoms with van der Waals surface area (Å²) in [6.07, 6.45) is 1.01.